The highest BCUT2D eigenvalue weighted by molar-refractivity contribution is 5.98. The molecule has 2 aliphatic carbocycles. The summed E-state index contributed by atoms with van der Waals surface area (Å²) in [7, 11) is 0. The summed E-state index contributed by atoms with van der Waals surface area (Å²) in [5, 5.41) is 19.2. The minimum atomic E-state index is -0.528. The van der Waals surface area contributed by atoms with Crippen molar-refractivity contribution >= 4 is 23.6 Å². The molecule has 2 heterocycles. The van der Waals surface area contributed by atoms with Gasteiger partial charge in [0.15, 0.2) is 0 Å². The maximum Gasteiger partial charge on any atom is 0.255 e. The van der Waals surface area contributed by atoms with Crippen molar-refractivity contribution in [2.75, 3.05) is 19.6 Å². The molecule has 4 amide bonds. The average molecular weight is 778 g/mol. The predicted octanol–water partition coefficient (Wildman–Crippen LogP) is 6.90. The van der Waals surface area contributed by atoms with Crippen molar-refractivity contribution in [3.8, 4) is 22.4 Å². The number of amides is 4. The summed E-state index contributed by atoms with van der Waals surface area (Å²) in [6, 6.07) is 14.0. The van der Waals surface area contributed by atoms with Gasteiger partial charge in [-0.25, -0.2) is 8.78 Å². The van der Waals surface area contributed by atoms with E-state index >= 15 is 4.39 Å². The Bertz CT molecular complexity index is 2230. The lowest BCUT2D eigenvalue weighted by molar-refractivity contribution is 0.0791. The molecule has 12 heteroatoms. The van der Waals surface area contributed by atoms with Crippen molar-refractivity contribution in [2.45, 2.75) is 84.9 Å². The number of aliphatic hydroxyl groups excluding tert-OH is 1. The molecule has 2 unspecified atom stereocenters. The molecule has 3 aliphatic rings. The molecule has 0 spiro atoms. The number of nitrogens with one attached hydrogen (secondary N) is 3. The van der Waals surface area contributed by atoms with Crippen molar-refractivity contribution < 1.29 is 33.1 Å². The van der Waals surface area contributed by atoms with Crippen LogP contribution in [0.2, 0.25) is 0 Å². The Balaban J connectivity index is 0.942. The van der Waals surface area contributed by atoms with Crippen molar-refractivity contribution in [1.82, 2.24) is 25.8 Å². The zero-order chi connectivity index (χ0) is 40.6. The molecule has 4 N–H and O–H groups in total. The molecule has 2 atom stereocenters. The highest BCUT2D eigenvalue weighted by Crippen LogP contribution is 2.41. The number of halogens is 2. The highest BCUT2D eigenvalue weighted by atomic mass is 19.1. The maximum absolute atomic E-state index is 15.1. The summed E-state index contributed by atoms with van der Waals surface area (Å²) in [5.41, 5.74) is 3.96. The minimum Gasteiger partial charge on any atom is -0.392 e. The lowest BCUT2D eigenvalue weighted by Crippen LogP contribution is -2.35. The molecule has 7 rings (SSSR count). The first-order valence-electron chi connectivity index (χ1n) is 19.7. The molecule has 0 radical (unpaired) electrons. The zero-order valence-corrected chi connectivity index (χ0v) is 32.8. The second-order valence-electron chi connectivity index (χ2n) is 16.6. The number of aliphatic hydroxyl groups is 1. The van der Waals surface area contributed by atoms with E-state index in [1.54, 1.807) is 61.2 Å². The van der Waals surface area contributed by atoms with Crippen LogP contribution in [0.1, 0.15) is 110 Å². The predicted molar refractivity (Wildman–Crippen MR) is 213 cm³/mol. The molecule has 3 fully saturated rings. The SMILES string of the molecule is Cc1c(F)cc(C(=O)NC2CC2CC(C)(C)CNC(=O)c2ccc(-c3cc(C(=O)NC4CC4)cc(F)c3C)c(CO)c2)cc1-c1ccc(C(=O)N2CCCC2)cn1. The van der Waals surface area contributed by atoms with Gasteiger partial charge in [0.05, 0.1) is 17.9 Å². The van der Waals surface area contributed by atoms with Crippen LogP contribution in [0.4, 0.5) is 8.78 Å². The van der Waals surface area contributed by atoms with E-state index in [-0.39, 0.29) is 58.2 Å². The second kappa shape index (κ2) is 16.2. The normalized spacial score (nSPS) is 17.6. The molecule has 3 aromatic carbocycles. The zero-order valence-electron chi connectivity index (χ0n) is 32.8. The fourth-order valence-electron chi connectivity index (χ4n) is 7.68. The third-order valence-corrected chi connectivity index (χ3v) is 11.4. The molecule has 4 aromatic rings. The van der Waals surface area contributed by atoms with Gasteiger partial charge in [-0.2, -0.15) is 0 Å². The fraction of sp³-hybridized carbons (Fsp3) is 0.400. The number of likely N-dealkylation sites (tertiary alicyclic amines) is 1. The van der Waals surface area contributed by atoms with Crippen LogP contribution in [-0.4, -0.2) is 70.3 Å². The lowest BCUT2D eigenvalue weighted by Gasteiger charge is -2.25. The molecule has 57 heavy (non-hydrogen) atoms. The van der Waals surface area contributed by atoms with Crippen LogP contribution in [0.15, 0.2) is 60.8 Å². The van der Waals surface area contributed by atoms with Crippen LogP contribution < -0.4 is 16.0 Å². The molecule has 0 bridgehead atoms. The van der Waals surface area contributed by atoms with Crippen LogP contribution in [0.25, 0.3) is 22.4 Å². The molecular weight excluding hydrogens is 729 g/mol. The molecule has 10 nitrogen and oxygen atoms in total. The summed E-state index contributed by atoms with van der Waals surface area (Å²) in [6.45, 7) is 8.74. The maximum atomic E-state index is 15.1. The molecule has 1 saturated heterocycles. The first-order valence-corrected chi connectivity index (χ1v) is 19.7. The van der Waals surface area contributed by atoms with Crippen molar-refractivity contribution in [1.29, 1.82) is 0 Å². The van der Waals surface area contributed by atoms with E-state index < -0.39 is 18.2 Å². The first-order chi connectivity index (χ1) is 27.2. The topological polar surface area (TPSA) is 141 Å². The Morgan fingerprint density at radius 3 is 2.05 bits per heavy atom. The van der Waals surface area contributed by atoms with Crippen LogP contribution in [0.3, 0.4) is 0 Å². The summed E-state index contributed by atoms with van der Waals surface area (Å²) >= 11 is 0. The third kappa shape index (κ3) is 9.06. The van der Waals surface area contributed by atoms with E-state index in [1.165, 1.54) is 18.3 Å². The Labute approximate surface area is 331 Å². The highest BCUT2D eigenvalue weighted by Gasteiger charge is 2.42. The Morgan fingerprint density at radius 2 is 1.42 bits per heavy atom. The van der Waals surface area contributed by atoms with Gasteiger partial charge in [-0.15, -0.1) is 0 Å². The summed E-state index contributed by atoms with van der Waals surface area (Å²) < 4.78 is 30.1. The Morgan fingerprint density at radius 1 is 0.789 bits per heavy atom. The largest absolute Gasteiger partial charge is 0.392 e. The number of carbonyl (C=O) groups excluding carboxylic acids is 4. The van der Waals surface area contributed by atoms with E-state index in [0.29, 0.717) is 63.2 Å². The molecule has 298 valence electrons. The number of pyridine rings is 1. The average Bonchev–Trinajstić information content (AvgIpc) is 4.10. The van der Waals surface area contributed by atoms with Crippen molar-refractivity contribution in [2.24, 2.45) is 11.3 Å². The van der Waals surface area contributed by atoms with Crippen LogP contribution in [0, 0.1) is 36.8 Å². The van der Waals surface area contributed by atoms with Gasteiger partial charge in [0, 0.05) is 60.2 Å². The van der Waals surface area contributed by atoms with Gasteiger partial charge in [-0.3, -0.25) is 24.2 Å². The van der Waals surface area contributed by atoms with Gasteiger partial charge < -0.3 is 26.0 Å². The molecule has 1 aromatic heterocycles. The fourth-order valence-corrected chi connectivity index (χ4v) is 7.68. The number of rotatable bonds is 13. The van der Waals surface area contributed by atoms with Crippen LogP contribution in [-0.2, 0) is 6.61 Å². The number of benzene rings is 3. The van der Waals surface area contributed by atoms with Gasteiger partial charge in [-0.05, 0) is 140 Å². The Hall–Kier alpha value is -5.49. The molecular formula is C45H49F2N5O5. The first kappa shape index (κ1) is 39.7. The van der Waals surface area contributed by atoms with Gasteiger partial charge >= 0.3 is 0 Å². The van der Waals surface area contributed by atoms with E-state index in [9.17, 15) is 28.7 Å². The number of aromatic nitrogens is 1. The second-order valence-corrected chi connectivity index (χ2v) is 16.6. The molecule has 2 saturated carbocycles. The number of hydrogen-bond acceptors (Lipinski definition) is 6. The van der Waals surface area contributed by atoms with Gasteiger partial charge in [0.1, 0.15) is 11.6 Å². The van der Waals surface area contributed by atoms with Gasteiger partial charge in [0.25, 0.3) is 23.6 Å². The number of carbonyl (C=O) groups is 4. The lowest BCUT2D eigenvalue weighted by atomic mass is 9.86. The Kier molecular flexibility index (Phi) is 11.3. The summed E-state index contributed by atoms with van der Waals surface area (Å²) in [6.07, 6.45) is 6.76. The van der Waals surface area contributed by atoms with Crippen molar-refractivity contribution in [3.05, 3.63) is 111 Å². The minimum absolute atomic E-state index is 0.0703. The van der Waals surface area contributed by atoms with Gasteiger partial charge in [-0.1, -0.05) is 19.9 Å². The number of hydrogen-bond donors (Lipinski definition) is 4. The summed E-state index contributed by atoms with van der Waals surface area (Å²) in [4.78, 5) is 58.4. The van der Waals surface area contributed by atoms with E-state index in [4.69, 9.17) is 0 Å². The quantitative estimate of drug-likeness (QED) is 0.117. The third-order valence-electron chi connectivity index (χ3n) is 11.4. The van der Waals surface area contributed by atoms with E-state index in [2.05, 4.69) is 20.9 Å². The number of nitrogens with zero attached hydrogens (tertiary/aromatic N) is 2. The van der Waals surface area contributed by atoms with Gasteiger partial charge in [0.2, 0.25) is 0 Å². The standard InChI is InChI=1S/C45H49F2N5O5/c1-25-35(16-29(18-37(25)46)42(55)50-33-9-10-33)34-11-7-27(15-32(34)23-53)41(54)49-24-45(3,4)21-31-20-40(31)51-43(56)30-17-36(26(2)38(47)19-30)39-12-8-28(22-48-39)44(57)52-13-5-6-14-52/h7-8,11-12,15-19,22,31,33,40,53H,5-6,9-10,13-14,20-21,23-24H2,1-4H3,(H,49,54)(H,50,55)(H,51,56). The monoisotopic (exact) mass is 777 g/mol. The molecule has 1 aliphatic heterocycles. The van der Waals surface area contributed by atoms with Crippen LogP contribution >= 0.6 is 0 Å². The summed E-state index contributed by atoms with van der Waals surface area (Å²) in [5.74, 6) is -2.01. The van der Waals surface area contributed by atoms with Crippen LogP contribution in [0.5, 0.6) is 0 Å². The van der Waals surface area contributed by atoms with E-state index in [0.717, 1.165) is 45.2 Å². The van der Waals surface area contributed by atoms with E-state index in [1.807, 2.05) is 13.8 Å². The smallest absolute Gasteiger partial charge is 0.255 e. The van der Waals surface area contributed by atoms with Crippen molar-refractivity contribution in [3.63, 3.8) is 0 Å².